The number of anilines is 2. The van der Waals surface area contributed by atoms with Crippen LogP contribution in [0.15, 0.2) is 12.1 Å². The molecule has 0 saturated carbocycles. The van der Waals surface area contributed by atoms with E-state index in [9.17, 15) is 13.6 Å². The molecule has 2 aliphatic heterocycles. The second-order valence-corrected chi connectivity index (χ2v) is 8.35. The summed E-state index contributed by atoms with van der Waals surface area (Å²) < 4.78 is 51.2. The summed E-state index contributed by atoms with van der Waals surface area (Å²) in [4.78, 5) is 12.6. The minimum absolute atomic E-state index is 0.0200. The van der Waals surface area contributed by atoms with Gasteiger partial charge in [-0.1, -0.05) is 23.2 Å². The molecule has 2 aromatic rings. The van der Waals surface area contributed by atoms with Crippen LogP contribution in [0, 0.1) is 11.6 Å². The summed E-state index contributed by atoms with van der Waals surface area (Å²) in [5.74, 6) is -3.97. The SMILES string of the molecule is CC1(C)Oc2c(Cl)cc(F)c(NC(=O)Nc3c(F)cc(Cl)c4c3OC(C)(C)O4)c2O1. The molecule has 2 heterocycles. The zero-order valence-electron chi connectivity index (χ0n) is 16.2. The Hall–Kier alpha value is -2.65. The van der Waals surface area contributed by atoms with Crippen LogP contribution in [0.2, 0.25) is 10.0 Å². The van der Waals surface area contributed by atoms with Crippen LogP contribution >= 0.6 is 23.2 Å². The molecule has 7 nitrogen and oxygen atoms in total. The molecule has 0 saturated heterocycles. The fraction of sp³-hybridized carbons (Fsp3) is 0.316. The number of carbonyl (C=O) groups excluding carboxylic acids is 1. The van der Waals surface area contributed by atoms with Gasteiger partial charge in [0, 0.05) is 27.7 Å². The average molecular weight is 461 g/mol. The van der Waals surface area contributed by atoms with Crippen molar-refractivity contribution >= 4 is 40.6 Å². The van der Waals surface area contributed by atoms with Gasteiger partial charge in [-0.25, -0.2) is 13.6 Å². The summed E-state index contributed by atoms with van der Waals surface area (Å²) in [5, 5.41) is 4.55. The van der Waals surface area contributed by atoms with Gasteiger partial charge in [-0.05, 0) is 12.1 Å². The number of hydrogen-bond acceptors (Lipinski definition) is 5. The summed E-state index contributed by atoms with van der Waals surface area (Å²) >= 11 is 12.0. The fourth-order valence-corrected chi connectivity index (χ4v) is 3.50. The van der Waals surface area contributed by atoms with Gasteiger partial charge in [0.25, 0.3) is 0 Å². The maximum absolute atomic E-state index is 14.5. The topological polar surface area (TPSA) is 78.1 Å². The highest BCUT2D eigenvalue weighted by Gasteiger charge is 2.39. The van der Waals surface area contributed by atoms with Crippen molar-refractivity contribution in [2.45, 2.75) is 39.3 Å². The number of amides is 2. The predicted molar refractivity (Wildman–Crippen MR) is 106 cm³/mol. The predicted octanol–water partition coefficient (Wildman–Crippen LogP) is 5.93. The first-order valence-electron chi connectivity index (χ1n) is 8.75. The molecule has 0 fully saturated rings. The van der Waals surface area contributed by atoms with Crippen molar-refractivity contribution < 1.29 is 32.5 Å². The number of hydrogen-bond donors (Lipinski definition) is 2. The fourth-order valence-electron chi connectivity index (χ4n) is 3.06. The van der Waals surface area contributed by atoms with Crippen molar-refractivity contribution in [3.8, 4) is 23.0 Å². The Balaban J connectivity index is 1.65. The van der Waals surface area contributed by atoms with Crippen LogP contribution < -0.4 is 29.6 Å². The van der Waals surface area contributed by atoms with Crippen molar-refractivity contribution in [2.24, 2.45) is 0 Å². The summed E-state index contributed by atoms with van der Waals surface area (Å²) in [7, 11) is 0. The van der Waals surface area contributed by atoms with E-state index in [1.165, 1.54) is 0 Å². The zero-order valence-corrected chi connectivity index (χ0v) is 17.7. The van der Waals surface area contributed by atoms with Gasteiger partial charge in [0.2, 0.25) is 11.6 Å². The van der Waals surface area contributed by atoms with E-state index < -0.39 is 29.2 Å². The Kier molecular flexibility index (Phi) is 4.59. The molecular weight excluding hydrogens is 445 g/mol. The van der Waals surface area contributed by atoms with Crippen LogP contribution in [-0.4, -0.2) is 17.6 Å². The van der Waals surface area contributed by atoms with E-state index in [1.54, 1.807) is 27.7 Å². The quantitative estimate of drug-likeness (QED) is 0.580. The highest BCUT2D eigenvalue weighted by atomic mass is 35.5. The second kappa shape index (κ2) is 6.68. The summed E-state index contributed by atoms with van der Waals surface area (Å²) in [6.07, 6.45) is 0. The first-order valence-corrected chi connectivity index (χ1v) is 9.50. The molecule has 4 rings (SSSR count). The molecule has 0 bridgehead atoms. The Morgan fingerprint density at radius 1 is 0.767 bits per heavy atom. The monoisotopic (exact) mass is 460 g/mol. The van der Waals surface area contributed by atoms with Crippen molar-refractivity contribution in [3.05, 3.63) is 33.8 Å². The number of urea groups is 1. The number of nitrogens with one attached hydrogen (secondary N) is 2. The lowest BCUT2D eigenvalue weighted by Gasteiger charge is -2.17. The van der Waals surface area contributed by atoms with Crippen LogP contribution in [0.1, 0.15) is 27.7 Å². The lowest BCUT2D eigenvalue weighted by atomic mass is 10.2. The van der Waals surface area contributed by atoms with Crippen molar-refractivity contribution in [2.75, 3.05) is 10.6 Å². The average Bonchev–Trinajstić information content (AvgIpc) is 3.11. The molecule has 2 aromatic carbocycles. The van der Waals surface area contributed by atoms with Gasteiger partial charge in [-0.15, -0.1) is 0 Å². The lowest BCUT2D eigenvalue weighted by Crippen LogP contribution is -2.30. The van der Waals surface area contributed by atoms with E-state index in [2.05, 4.69) is 10.6 Å². The minimum atomic E-state index is -1.12. The van der Waals surface area contributed by atoms with E-state index in [1.807, 2.05) is 0 Å². The van der Waals surface area contributed by atoms with Gasteiger partial charge < -0.3 is 29.6 Å². The number of fused-ring (bicyclic) bond motifs is 2. The standard InChI is InChI=1S/C19H16Cl2F2N2O5/c1-18(2)27-13-7(20)5-9(22)11(15(13)29-18)24-17(26)25-12-10(23)6-8(21)14-16(12)30-19(3,4)28-14/h5-6H,1-4H3,(H2,24,25,26). The largest absolute Gasteiger partial charge is 0.447 e. The molecule has 2 amide bonds. The Bertz CT molecular complexity index is 1010. The highest BCUT2D eigenvalue weighted by molar-refractivity contribution is 6.33. The smallest absolute Gasteiger partial charge is 0.324 e. The molecule has 0 unspecified atom stereocenters. The van der Waals surface area contributed by atoms with E-state index in [0.29, 0.717) is 0 Å². The Morgan fingerprint density at radius 2 is 1.10 bits per heavy atom. The second-order valence-electron chi connectivity index (χ2n) is 7.53. The molecule has 30 heavy (non-hydrogen) atoms. The lowest BCUT2D eigenvalue weighted by molar-refractivity contribution is -0.0434. The summed E-state index contributed by atoms with van der Waals surface area (Å²) in [6, 6.07) is 0.977. The van der Waals surface area contributed by atoms with Gasteiger partial charge in [0.05, 0.1) is 10.0 Å². The third-order valence-corrected chi connectivity index (χ3v) is 4.71. The Labute approximate surface area is 180 Å². The molecule has 0 aromatic heterocycles. The first kappa shape index (κ1) is 20.6. The van der Waals surface area contributed by atoms with Crippen LogP contribution in [0.5, 0.6) is 23.0 Å². The summed E-state index contributed by atoms with van der Waals surface area (Å²) in [5.41, 5.74) is -0.637. The van der Waals surface area contributed by atoms with Gasteiger partial charge in [-0.3, -0.25) is 0 Å². The first-order chi connectivity index (χ1) is 13.9. The van der Waals surface area contributed by atoms with Crippen molar-refractivity contribution in [1.29, 1.82) is 0 Å². The number of carbonyl (C=O) groups is 1. The van der Waals surface area contributed by atoms with E-state index in [4.69, 9.17) is 42.1 Å². The number of benzene rings is 2. The number of halogens is 4. The van der Waals surface area contributed by atoms with Crippen molar-refractivity contribution in [1.82, 2.24) is 0 Å². The molecular formula is C19H16Cl2F2N2O5. The molecule has 0 spiro atoms. The van der Waals surface area contributed by atoms with Gasteiger partial charge in [0.1, 0.15) is 11.4 Å². The highest BCUT2D eigenvalue weighted by Crippen LogP contribution is 2.51. The van der Waals surface area contributed by atoms with Gasteiger partial charge >= 0.3 is 6.03 Å². The third kappa shape index (κ3) is 3.52. The number of rotatable bonds is 2. The van der Waals surface area contributed by atoms with E-state index in [-0.39, 0.29) is 44.4 Å². The van der Waals surface area contributed by atoms with Crippen LogP contribution in [-0.2, 0) is 0 Å². The Morgan fingerprint density at radius 3 is 1.47 bits per heavy atom. The molecule has 11 heteroatoms. The van der Waals surface area contributed by atoms with E-state index >= 15 is 0 Å². The molecule has 0 atom stereocenters. The van der Waals surface area contributed by atoms with Gasteiger partial charge in [0.15, 0.2) is 34.6 Å². The molecule has 0 aliphatic carbocycles. The minimum Gasteiger partial charge on any atom is -0.447 e. The van der Waals surface area contributed by atoms with Crippen molar-refractivity contribution in [3.63, 3.8) is 0 Å². The third-order valence-electron chi connectivity index (χ3n) is 4.15. The zero-order chi connectivity index (χ0) is 22.0. The van der Waals surface area contributed by atoms with E-state index in [0.717, 1.165) is 12.1 Å². The van der Waals surface area contributed by atoms with Crippen LogP contribution in [0.25, 0.3) is 0 Å². The molecule has 2 aliphatic rings. The maximum atomic E-state index is 14.5. The maximum Gasteiger partial charge on any atom is 0.324 e. The summed E-state index contributed by atoms with van der Waals surface area (Å²) in [6.45, 7) is 6.38. The van der Waals surface area contributed by atoms with Gasteiger partial charge in [-0.2, -0.15) is 0 Å². The molecule has 0 radical (unpaired) electrons. The number of ether oxygens (including phenoxy) is 4. The van der Waals surface area contributed by atoms with Crippen LogP contribution in [0.4, 0.5) is 25.0 Å². The normalized spacial score (nSPS) is 17.1. The molecule has 160 valence electrons. The molecule has 2 N–H and O–H groups in total. The van der Waals surface area contributed by atoms with Crippen LogP contribution in [0.3, 0.4) is 0 Å².